The van der Waals surface area contributed by atoms with Crippen LogP contribution in [0.15, 0.2) is 72.8 Å². The first kappa shape index (κ1) is 17.5. The van der Waals surface area contributed by atoms with Crippen molar-refractivity contribution in [1.82, 2.24) is 0 Å². The molecule has 0 heterocycles. The van der Waals surface area contributed by atoms with Crippen LogP contribution < -0.4 is 11.1 Å². The normalized spacial score (nSPS) is 11.2. The molecule has 0 fully saturated rings. The summed E-state index contributed by atoms with van der Waals surface area (Å²) in [6, 6.07) is 18.1. The van der Waals surface area contributed by atoms with E-state index in [0.29, 0.717) is 16.9 Å². The average molecular weight is 356 g/mol. The molecule has 0 saturated heterocycles. The van der Waals surface area contributed by atoms with Crippen molar-refractivity contribution in [3.63, 3.8) is 0 Å². The van der Waals surface area contributed by atoms with Crippen molar-refractivity contribution in [2.24, 2.45) is 0 Å². The van der Waals surface area contributed by atoms with Gasteiger partial charge in [-0.2, -0.15) is 13.2 Å². The Bertz CT molecular complexity index is 934. The van der Waals surface area contributed by atoms with E-state index in [1.807, 2.05) is 18.2 Å². The van der Waals surface area contributed by atoms with Gasteiger partial charge in [0.2, 0.25) is 0 Å². The van der Waals surface area contributed by atoms with E-state index in [1.54, 1.807) is 30.3 Å². The lowest BCUT2D eigenvalue weighted by atomic mass is 10.0. The lowest BCUT2D eigenvalue weighted by Crippen LogP contribution is -2.08. The van der Waals surface area contributed by atoms with Crippen LogP contribution in [0.25, 0.3) is 0 Å². The van der Waals surface area contributed by atoms with Gasteiger partial charge >= 0.3 is 6.18 Å². The highest BCUT2D eigenvalue weighted by Gasteiger charge is 2.30. The van der Waals surface area contributed by atoms with Crippen molar-refractivity contribution in [3.8, 4) is 0 Å². The summed E-state index contributed by atoms with van der Waals surface area (Å²) in [5.74, 6) is -0.470. The lowest BCUT2D eigenvalue weighted by molar-refractivity contribution is -0.137. The molecule has 3 aromatic carbocycles. The van der Waals surface area contributed by atoms with Crippen molar-refractivity contribution >= 4 is 22.8 Å². The van der Waals surface area contributed by atoms with Crippen molar-refractivity contribution in [2.45, 2.75) is 6.18 Å². The molecule has 0 aliphatic heterocycles. The minimum Gasteiger partial charge on any atom is -0.397 e. The third-order valence-electron chi connectivity index (χ3n) is 3.84. The molecule has 0 spiro atoms. The van der Waals surface area contributed by atoms with E-state index in [0.717, 1.165) is 17.8 Å². The molecule has 3 rings (SSSR count). The summed E-state index contributed by atoms with van der Waals surface area (Å²) in [6.45, 7) is 0. The second-order valence-electron chi connectivity index (χ2n) is 5.70. The number of carbonyl (C=O) groups excluding carboxylic acids is 1. The first-order valence-electron chi connectivity index (χ1n) is 7.78. The number of halogens is 3. The number of anilines is 3. The number of ketones is 1. The van der Waals surface area contributed by atoms with E-state index >= 15 is 0 Å². The quantitative estimate of drug-likeness (QED) is 0.495. The first-order valence-corrected chi connectivity index (χ1v) is 7.78. The minimum absolute atomic E-state index is 0.00663. The molecule has 3 N–H and O–H groups in total. The van der Waals surface area contributed by atoms with Gasteiger partial charge < -0.3 is 11.1 Å². The summed E-state index contributed by atoms with van der Waals surface area (Å²) in [5, 5.41) is 3.12. The van der Waals surface area contributed by atoms with Gasteiger partial charge in [-0.15, -0.1) is 0 Å². The third-order valence-corrected chi connectivity index (χ3v) is 3.84. The van der Waals surface area contributed by atoms with E-state index in [2.05, 4.69) is 5.32 Å². The molecule has 0 aliphatic rings. The van der Waals surface area contributed by atoms with Crippen LogP contribution >= 0.6 is 0 Å². The van der Waals surface area contributed by atoms with E-state index < -0.39 is 17.5 Å². The number of nitrogens with one attached hydrogen (secondary N) is 1. The Kier molecular flexibility index (Phi) is 4.67. The van der Waals surface area contributed by atoms with Crippen LogP contribution in [0, 0.1) is 0 Å². The van der Waals surface area contributed by atoms with Crippen molar-refractivity contribution in [3.05, 3.63) is 89.5 Å². The lowest BCUT2D eigenvalue weighted by Gasteiger charge is -2.10. The fourth-order valence-corrected chi connectivity index (χ4v) is 2.47. The third kappa shape index (κ3) is 3.85. The number of carbonyl (C=O) groups is 1. The zero-order valence-electron chi connectivity index (χ0n) is 13.5. The first-order chi connectivity index (χ1) is 12.3. The molecule has 26 heavy (non-hydrogen) atoms. The number of nitrogen functional groups attached to an aromatic ring is 1. The molecule has 0 bridgehead atoms. The average Bonchev–Trinajstić information content (AvgIpc) is 2.63. The highest BCUT2D eigenvalue weighted by Crippen LogP contribution is 2.30. The monoisotopic (exact) mass is 356 g/mol. The van der Waals surface area contributed by atoms with E-state index in [9.17, 15) is 18.0 Å². The summed E-state index contributed by atoms with van der Waals surface area (Å²) in [4.78, 5) is 12.4. The van der Waals surface area contributed by atoms with Crippen molar-refractivity contribution < 1.29 is 18.0 Å². The molecule has 132 valence electrons. The van der Waals surface area contributed by atoms with Gasteiger partial charge in [0.05, 0.1) is 16.9 Å². The van der Waals surface area contributed by atoms with Gasteiger partial charge in [0.15, 0.2) is 5.78 Å². The molecule has 0 aromatic heterocycles. The maximum Gasteiger partial charge on any atom is 0.416 e. The maximum absolute atomic E-state index is 12.8. The Hall–Kier alpha value is -3.28. The van der Waals surface area contributed by atoms with Gasteiger partial charge in [-0.3, -0.25) is 4.79 Å². The molecule has 0 saturated carbocycles. The van der Waals surface area contributed by atoms with E-state index in [4.69, 9.17) is 5.73 Å². The van der Waals surface area contributed by atoms with Gasteiger partial charge in [0.1, 0.15) is 0 Å². The van der Waals surface area contributed by atoms with Gasteiger partial charge in [-0.05, 0) is 48.5 Å². The second kappa shape index (κ2) is 6.92. The van der Waals surface area contributed by atoms with Crippen LogP contribution in [0.4, 0.5) is 30.2 Å². The van der Waals surface area contributed by atoms with Crippen molar-refractivity contribution in [2.75, 3.05) is 11.1 Å². The Morgan fingerprint density at radius 1 is 0.846 bits per heavy atom. The summed E-state index contributed by atoms with van der Waals surface area (Å²) in [5.41, 5.74) is 7.33. The fraction of sp³-hybridized carbons (Fsp3) is 0.0500. The van der Waals surface area contributed by atoms with E-state index in [1.165, 1.54) is 12.1 Å². The molecular formula is C20H15F3N2O. The number of hydrogen-bond acceptors (Lipinski definition) is 3. The number of alkyl halides is 3. The van der Waals surface area contributed by atoms with Gasteiger partial charge in [-0.25, -0.2) is 0 Å². The topological polar surface area (TPSA) is 55.1 Å². The highest BCUT2D eigenvalue weighted by atomic mass is 19.4. The van der Waals surface area contributed by atoms with Crippen molar-refractivity contribution in [1.29, 1.82) is 0 Å². The fourth-order valence-electron chi connectivity index (χ4n) is 2.47. The van der Waals surface area contributed by atoms with Crippen LogP contribution in [-0.4, -0.2) is 5.78 Å². The van der Waals surface area contributed by atoms with Gasteiger partial charge in [-0.1, -0.05) is 24.3 Å². The SMILES string of the molecule is Nc1ccccc1Nc1ccc(C(=O)c2cccc(C(F)(F)F)c2)cc1. The predicted octanol–water partition coefficient (Wildman–Crippen LogP) is 5.26. The molecule has 0 aliphatic carbocycles. The Labute approximate surface area is 148 Å². The molecule has 0 amide bonds. The van der Waals surface area contributed by atoms with Crippen LogP contribution in [0.2, 0.25) is 0 Å². The summed E-state index contributed by atoms with van der Waals surface area (Å²) in [6.07, 6.45) is -4.49. The molecule has 3 aromatic rings. The highest BCUT2D eigenvalue weighted by molar-refractivity contribution is 6.09. The zero-order valence-corrected chi connectivity index (χ0v) is 13.5. The Morgan fingerprint density at radius 2 is 1.54 bits per heavy atom. The van der Waals surface area contributed by atoms with Gasteiger partial charge in [0, 0.05) is 16.8 Å². The largest absolute Gasteiger partial charge is 0.416 e. The number of benzene rings is 3. The summed E-state index contributed by atoms with van der Waals surface area (Å²) >= 11 is 0. The van der Waals surface area contributed by atoms with E-state index in [-0.39, 0.29) is 5.56 Å². The minimum atomic E-state index is -4.49. The molecule has 0 atom stereocenters. The zero-order chi connectivity index (χ0) is 18.7. The number of para-hydroxylation sites is 2. The molecular weight excluding hydrogens is 341 g/mol. The molecule has 6 heteroatoms. The maximum atomic E-state index is 12.8. The Balaban J connectivity index is 1.80. The standard InChI is InChI=1S/C20H15F3N2O/c21-20(22,23)15-5-3-4-14(12-15)19(26)13-8-10-16(11-9-13)25-18-7-2-1-6-17(18)24/h1-12,25H,24H2. The Morgan fingerprint density at radius 3 is 2.19 bits per heavy atom. The summed E-state index contributed by atoms with van der Waals surface area (Å²) in [7, 11) is 0. The van der Waals surface area contributed by atoms with Gasteiger partial charge in [0.25, 0.3) is 0 Å². The van der Waals surface area contributed by atoms with Crippen LogP contribution in [0.1, 0.15) is 21.5 Å². The molecule has 3 nitrogen and oxygen atoms in total. The second-order valence-corrected chi connectivity index (χ2v) is 5.70. The number of rotatable bonds is 4. The molecule has 0 unspecified atom stereocenters. The predicted molar refractivity (Wildman–Crippen MR) is 95.5 cm³/mol. The smallest absolute Gasteiger partial charge is 0.397 e. The number of nitrogens with two attached hydrogens (primary N) is 1. The summed E-state index contributed by atoms with van der Waals surface area (Å²) < 4.78 is 38.4. The number of hydrogen-bond donors (Lipinski definition) is 2. The molecule has 0 radical (unpaired) electrons. The van der Waals surface area contributed by atoms with Crippen LogP contribution in [-0.2, 0) is 6.18 Å². The van der Waals surface area contributed by atoms with Crippen LogP contribution in [0.3, 0.4) is 0 Å². The van der Waals surface area contributed by atoms with Crippen LogP contribution in [0.5, 0.6) is 0 Å².